The monoisotopic (exact) mass is 532 g/mol. The van der Waals surface area contributed by atoms with E-state index in [1.165, 1.54) is 12.1 Å². The first-order valence-electron chi connectivity index (χ1n) is 12.6. The molecule has 4 rings (SSSR count). The van der Waals surface area contributed by atoms with Crippen LogP contribution in [-0.2, 0) is 10.0 Å². The molecular formula is C30H33FN4O2S. The number of fused-ring (bicyclic) bond motifs is 1. The van der Waals surface area contributed by atoms with Crippen molar-refractivity contribution in [2.45, 2.75) is 58.5 Å². The zero-order chi connectivity index (χ0) is 27.6. The Bertz CT molecular complexity index is 1580. The molecule has 4 aromatic rings. The molecule has 0 atom stereocenters. The summed E-state index contributed by atoms with van der Waals surface area (Å²) in [4.78, 5) is 11.6. The maximum Gasteiger partial charge on any atom is 0.264 e. The number of hydrogen-bond donors (Lipinski definition) is 1. The number of benzene rings is 3. The van der Waals surface area contributed by atoms with Gasteiger partial charge in [-0.25, -0.2) is 27.5 Å². The molecule has 0 bridgehead atoms. The molecule has 1 aromatic heterocycles. The van der Waals surface area contributed by atoms with Crippen molar-refractivity contribution in [3.8, 4) is 11.3 Å². The molecule has 0 radical (unpaired) electrons. The zero-order valence-electron chi connectivity index (χ0n) is 22.5. The molecule has 1 heterocycles. The number of nitrogens with zero attached hydrogens (tertiary/aromatic N) is 3. The fourth-order valence-corrected chi connectivity index (χ4v) is 5.14. The minimum atomic E-state index is -3.95. The summed E-state index contributed by atoms with van der Waals surface area (Å²) in [7, 11) is -3.95. The summed E-state index contributed by atoms with van der Waals surface area (Å²) < 4.78 is 43.9. The number of nitrogens with one attached hydrogen (secondary N) is 1. The highest BCUT2D eigenvalue weighted by molar-refractivity contribution is 7.90. The molecule has 0 saturated carbocycles. The van der Waals surface area contributed by atoms with Gasteiger partial charge in [-0.1, -0.05) is 47.5 Å². The Morgan fingerprint density at radius 1 is 0.895 bits per heavy atom. The van der Waals surface area contributed by atoms with Crippen molar-refractivity contribution in [1.82, 2.24) is 9.71 Å². The van der Waals surface area contributed by atoms with Gasteiger partial charge in [0.1, 0.15) is 11.6 Å². The number of anilines is 1. The van der Waals surface area contributed by atoms with Gasteiger partial charge in [0.2, 0.25) is 5.96 Å². The van der Waals surface area contributed by atoms with Crippen molar-refractivity contribution >= 4 is 32.6 Å². The topological polar surface area (TPSA) is 74.7 Å². The second-order valence-corrected chi connectivity index (χ2v) is 11.7. The van der Waals surface area contributed by atoms with Crippen molar-refractivity contribution in [3.05, 3.63) is 89.7 Å². The van der Waals surface area contributed by atoms with Gasteiger partial charge >= 0.3 is 0 Å². The van der Waals surface area contributed by atoms with E-state index >= 15 is 0 Å². The second kappa shape index (κ2) is 10.9. The van der Waals surface area contributed by atoms with E-state index in [0.29, 0.717) is 22.3 Å². The molecule has 8 heteroatoms. The van der Waals surface area contributed by atoms with Crippen molar-refractivity contribution in [3.63, 3.8) is 0 Å². The average Bonchev–Trinajstić information content (AvgIpc) is 2.83. The van der Waals surface area contributed by atoms with Crippen molar-refractivity contribution in [2.75, 3.05) is 4.90 Å². The summed E-state index contributed by atoms with van der Waals surface area (Å²) in [5.74, 6) is 0.269. The largest absolute Gasteiger partial charge is 0.293 e. The summed E-state index contributed by atoms with van der Waals surface area (Å²) in [5, 5.41) is 1.34. The van der Waals surface area contributed by atoms with Crippen LogP contribution in [0.5, 0.6) is 0 Å². The predicted octanol–water partition coefficient (Wildman–Crippen LogP) is 6.62. The lowest BCUT2D eigenvalue weighted by atomic mass is 10.0. The van der Waals surface area contributed by atoms with Crippen LogP contribution in [0.25, 0.3) is 22.0 Å². The van der Waals surface area contributed by atoms with E-state index in [4.69, 9.17) is 4.98 Å². The lowest BCUT2D eigenvalue weighted by Crippen LogP contribution is -2.48. The number of aryl methyl sites for hydroxylation is 2. The van der Waals surface area contributed by atoms with Crippen LogP contribution in [-0.4, -0.2) is 31.4 Å². The van der Waals surface area contributed by atoms with Crippen LogP contribution in [0, 0.1) is 19.7 Å². The highest BCUT2D eigenvalue weighted by Crippen LogP contribution is 2.32. The molecule has 0 aliphatic heterocycles. The van der Waals surface area contributed by atoms with Crippen LogP contribution >= 0.6 is 0 Å². The van der Waals surface area contributed by atoms with Crippen LogP contribution < -0.4 is 9.62 Å². The summed E-state index contributed by atoms with van der Waals surface area (Å²) >= 11 is 0. The average molecular weight is 533 g/mol. The van der Waals surface area contributed by atoms with Gasteiger partial charge in [0.25, 0.3) is 10.0 Å². The molecule has 1 N–H and O–H groups in total. The number of pyridine rings is 1. The third kappa shape index (κ3) is 6.02. The minimum Gasteiger partial charge on any atom is -0.293 e. The lowest BCUT2D eigenvalue weighted by Gasteiger charge is -2.31. The number of aromatic nitrogens is 1. The molecule has 198 valence electrons. The number of aliphatic imine (C=N–C) groups is 1. The second-order valence-electron chi connectivity index (χ2n) is 9.99. The number of guanidine groups is 1. The predicted molar refractivity (Wildman–Crippen MR) is 154 cm³/mol. The van der Waals surface area contributed by atoms with E-state index in [9.17, 15) is 12.8 Å². The molecule has 0 amide bonds. The molecule has 0 saturated heterocycles. The maximum atomic E-state index is 14.3. The number of sulfonamides is 1. The van der Waals surface area contributed by atoms with Gasteiger partial charge in [-0.2, -0.15) is 0 Å². The fraction of sp³-hybridized carbons (Fsp3) is 0.267. The first-order valence-corrected chi connectivity index (χ1v) is 14.1. The van der Waals surface area contributed by atoms with Gasteiger partial charge in [-0.15, -0.1) is 0 Å². The van der Waals surface area contributed by atoms with Crippen LogP contribution in [0.3, 0.4) is 0 Å². The first kappa shape index (κ1) is 27.3. The third-order valence-electron chi connectivity index (χ3n) is 6.03. The van der Waals surface area contributed by atoms with E-state index in [1.54, 1.807) is 35.2 Å². The SMILES string of the molecule is Cc1ccc(-c2cc3cc(F)ccc3c(N(C(=NC(C)C)NS(=O)(=O)c3ccc(C)cc3)C(C)C)n2)cc1. The van der Waals surface area contributed by atoms with Crippen LogP contribution in [0.2, 0.25) is 0 Å². The van der Waals surface area contributed by atoms with Crippen molar-refractivity contribution < 1.29 is 12.8 Å². The van der Waals surface area contributed by atoms with Gasteiger partial charge in [0.05, 0.1) is 10.6 Å². The smallest absolute Gasteiger partial charge is 0.264 e. The Balaban J connectivity index is 1.92. The molecule has 0 spiro atoms. The highest BCUT2D eigenvalue weighted by atomic mass is 32.2. The zero-order valence-corrected chi connectivity index (χ0v) is 23.3. The van der Waals surface area contributed by atoms with E-state index in [1.807, 2.05) is 71.9 Å². The van der Waals surface area contributed by atoms with Gasteiger partial charge in [0.15, 0.2) is 0 Å². The first-order chi connectivity index (χ1) is 17.9. The Morgan fingerprint density at radius 3 is 2.08 bits per heavy atom. The lowest BCUT2D eigenvalue weighted by molar-refractivity contribution is 0.591. The number of hydrogen-bond acceptors (Lipinski definition) is 4. The van der Waals surface area contributed by atoms with Gasteiger partial charge < -0.3 is 0 Å². The van der Waals surface area contributed by atoms with E-state index < -0.39 is 10.0 Å². The van der Waals surface area contributed by atoms with Gasteiger partial charge in [0, 0.05) is 23.0 Å². The molecule has 6 nitrogen and oxygen atoms in total. The van der Waals surface area contributed by atoms with E-state index in [-0.39, 0.29) is 28.8 Å². The van der Waals surface area contributed by atoms with Crippen molar-refractivity contribution in [2.24, 2.45) is 4.99 Å². The molecular weight excluding hydrogens is 499 g/mol. The molecule has 0 aliphatic carbocycles. The standard InChI is InChI=1S/C30H33FN4O2S/c1-19(2)32-30(34-38(36,37)26-14-9-22(6)10-15-26)35(20(3)4)29-27-16-13-25(31)17-24(27)18-28(33-29)23-11-7-21(5)8-12-23/h7-20H,1-6H3,(H,32,34). The highest BCUT2D eigenvalue weighted by Gasteiger charge is 2.27. The molecule has 0 unspecified atom stereocenters. The summed E-state index contributed by atoms with van der Waals surface area (Å²) in [6.07, 6.45) is 0. The Hall–Kier alpha value is -3.78. The summed E-state index contributed by atoms with van der Waals surface area (Å²) in [6, 6.07) is 20.5. The minimum absolute atomic E-state index is 0.136. The quantitative estimate of drug-likeness (QED) is 0.224. The Labute approximate surface area is 224 Å². The molecule has 0 aliphatic rings. The summed E-state index contributed by atoms with van der Waals surface area (Å²) in [6.45, 7) is 11.5. The Kier molecular flexibility index (Phi) is 7.83. The van der Waals surface area contributed by atoms with Crippen LogP contribution in [0.1, 0.15) is 38.8 Å². The van der Waals surface area contributed by atoms with E-state index in [0.717, 1.165) is 16.7 Å². The summed E-state index contributed by atoms with van der Waals surface area (Å²) in [5.41, 5.74) is 3.59. The molecule has 38 heavy (non-hydrogen) atoms. The third-order valence-corrected chi connectivity index (χ3v) is 7.37. The van der Waals surface area contributed by atoms with Crippen LogP contribution in [0.15, 0.2) is 82.7 Å². The molecule has 0 fully saturated rings. The van der Waals surface area contributed by atoms with Gasteiger partial charge in [-0.05, 0) is 83.3 Å². The van der Waals surface area contributed by atoms with E-state index in [2.05, 4.69) is 9.71 Å². The van der Waals surface area contributed by atoms with Crippen LogP contribution in [0.4, 0.5) is 10.2 Å². The van der Waals surface area contributed by atoms with Crippen molar-refractivity contribution in [1.29, 1.82) is 0 Å². The number of rotatable bonds is 6. The maximum absolute atomic E-state index is 14.3. The van der Waals surface area contributed by atoms with Gasteiger partial charge in [-0.3, -0.25) is 4.90 Å². The fourth-order valence-electron chi connectivity index (χ4n) is 4.13. The Morgan fingerprint density at radius 2 is 1.50 bits per heavy atom. The number of halogens is 1. The molecule has 3 aromatic carbocycles. The normalized spacial score (nSPS) is 12.4.